The molecule has 0 aliphatic carbocycles. The summed E-state index contributed by atoms with van der Waals surface area (Å²) >= 11 is 0. The number of nitrogens with zero attached hydrogens (tertiary/aromatic N) is 1. The van der Waals surface area contributed by atoms with Crippen LogP contribution in [0.3, 0.4) is 0 Å². The van der Waals surface area contributed by atoms with Crippen molar-refractivity contribution in [3.8, 4) is 23.0 Å². The molecule has 0 radical (unpaired) electrons. The Hall–Kier alpha value is -3.92. The molecule has 37 heavy (non-hydrogen) atoms. The molecule has 0 fully saturated rings. The van der Waals surface area contributed by atoms with Gasteiger partial charge in [0, 0.05) is 18.7 Å². The van der Waals surface area contributed by atoms with Crippen LogP contribution in [0.2, 0.25) is 0 Å². The van der Waals surface area contributed by atoms with Gasteiger partial charge in [0.15, 0.2) is 11.5 Å². The van der Waals surface area contributed by atoms with Crippen LogP contribution in [0.25, 0.3) is 0 Å². The minimum absolute atomic E-state index is 0.0346. The number of anilines is 1. The highest BCUT2D eigenvalue weighted by Gasteiger charge is 2.31. The smallest absolute Gasteiger partial charge is 0.265 e. The fraction of sp³-hybridized carbons (Fsp3) is 0.296. The molecule has 1 atom stereocenters. The monoisotopic (exact) mass is 528 g/mol. The third kappa shape index (κ3) is 6.45. The summed E-state index contributed by atoms with van der Waals surface area (Å²) in [6.07, 6.45) is 0. The lowest BCUT2D eigenvalue weighted by Gasteiger charge is -2.26. The lowest BCUT2D eigenvalue weighted by molar-refractivity contribution is -0.119. The zero-order valence-electron chi connectivity index (χ0n) is 21.6. The highest BCUT2D eigenvalue weighted by molar-refractivity contribution is 7.92. The molecule has 3 aromatic carbocycles. The molecule has 9 nitrogen and oxygen atoms in total. The topological polar surface area (TPSA) is 103 Å². The standard InChI is InChI=1S/C27H32N2O7S/c1-19(20-9-7-6-8-10-20)17-28-27(30)18-29(23-15-21(33-2)11-13-24(23)34-3)37(31,32)22-12-14-25(35-4)26(16-22)36-5/h6-16,19H,17-18H2,1-5H3,(H,28,30)/t19-/m0/s1. The Balaban J connectivity index is 1.98. The third-order valence-corrected chi connectivity index (χ3v) is 7.61. The van der Waals surface area contributed by atoms with Crippen molar-refractivity contribution < 1.29 is 32.2 Å². The first-order valence-corrected chi connectivity index (χ1v) is 13.0. The predicted octanol–water partition coefficient (Wildman–Crippen LogP) is 3.84. The summed E-state index contributed by atoms with van der Waals surface area (Å²) in [5.41, 5.74) is 1.22. The zero-order valence-corrected chi connectivity index (χ0v) is 22.4. The van der Waals surface area contributed by atoms with E-state index in [0.29, 0.717) is 18.0 Å². The summed E-state index contributed by atoms with van der Waals surface area (Å²) in [4.78, 5) is 13.0. The first kappa shape index (κ1) is 27.7. The Morgan fingerprint density at radius 2 is 1.49 bits per heavy atom. The second kappa shape index (κ2) is 12.4. The number of hydrogen-bond donors (Lipinski definition) is 1. The van der Waals surface area contributed by atoms with Crippen LogP contribution in [0, 0.1) is 0 Å². The molecule has 1 amide bonds. The largest absolute Gasteiger partial charge is 0.497 e. The van der Waals surface area contributed by atoms with E-state index in [9.17, 15) is 13.2 Å². The van der Waals surface area contributed by atoms with Crippen molar-refractivity contribution in [1.29, 1.82) is 0 Å². The molecule has 0 spiro atoms. The number of rotatable bonds is 12. The number of sulfonamides is 1. The van der Waals surface area contributed by atoms with Crippen LogP contribution in [-0.2, 0) is 14.8 Å². The van der Waals surface area contributed by atoms with Crippen LogP contribution in [-0.4, -0.2) is 55.9 Å². The molecule has 0 aliphatic rings. The highest BCUT2D eigenvalue weighted by atomic mass is 32.2. The SMILES string of the molecule is COc1ccc(OC)c(N(CC(=O)NC[C@H](C)c2ccccc2)S(=O)(=O)c2ccc(OC)c(OC)c2)c1. The minimum Gasteiger partial charge on any atom is -0.497 e. The molecule has 0 unspecified atom stereocenters. The van der Waals surface area contributed by atoms with Gasteiger partial charge in [-0.3, -0.25) is 9.10 Å². The minimum atomic E-state index is -4.25. The maximum atomic E-state index is 13.9. The number of benzene rings is 3. The molecular weight excluding hydrogens is 496 g/mol. The van der Waals surface area contributed by atoms with Gasteiger partial charge in [0.1, 0.15) is 18.0 Å². The fourth-order valence-corrected chi connectivity index (χ4v) is 5.19. The van der Waals surface area contributed by atoms with E-state index in [1.165, 1.54) is 52.7 Å². The van der Waals surface area contributed by atoms with E-state index in [1.807, 2.05) is 37.3 Å². The van der Waals surface area contributed by atoms with Crippen molar-refractivity contribution in [3.63, 3.8) is 0 Å². The Morgan fingerprint density at radius 1 is 0.838 bits per heavy atom. The Kier molecular flexibility index (Phi) is 9.24. The van der Waals surface area contributed by atoms with Gasteiger partial charge in [0.25, 0.3) is 10.0 Å². The van der Waals surface area contributed by atoms with Crippen LogP contribution in [0.5, 0.6) is 23.0 Å². The number of hydrogen-bond acceptors (Lipinski definition) is 7. The van der Waals surface area contributed by atoms with Crippen LogP contribution in [0.1, 0.15) is 18.4 Å². The van der Waals surface area contributed by atoms with E-state index >= 15 is 0 Å². The summed E-state index contributed by atoms with van der Waals surface area (Å²) in [6.45, 7) is 1.84. The Labute approximate surface area is 218 Å². The van der Waals surface area contributed by atoms with Gasteiger partial charge in [-0.1, -0.05) is 37.3 Å². The van der Waals surface area contributed by atoms with Gasteiger partial charge in [-0.05, 0) is 35.7 Å². The first-order valence-electron chi connectivity index (χ1n) is 11.5. The molecule has 3 aromatic rings. The van der Waals surface area contributed by atoms with E-state index in [4.69, 9.17) is 18.9 Å². The van der Waals surface area contributed by atoms with Crippen molar-refractivity contribution >= 4 is 21.6 Å². The molecule has 10 heteroatoms. The van der Waals surface area contributed by atoms with E-state index < -0.39 is 22.5 Å². The van der Waals surface area contributed by atoms with Crippen LogP contribution in [0.15, 0.2) is 71.6 Å². The van der Waals surface area contributed by atoms with Gasteiger partial charge in [0.05, 0.1) is 39.0 Å². The summed E-state index contributed by atoms with van der Waals surface area (Å²) < 4.78 is 50.1. The molecule has 198 valence electrons. The van der Waals surface area contributed by atoms with E-state index in [0.717, 1.165) is 9.87 Å². The second-order valence-corrected chi connectivity index (χ2v) is 10.0. The van der Waals surface area contributed by atoms with Crippen molar-refractivity contribution in [2.45, 2.75) is 17.7 Å². The van der Waals surface area contributed by atoms with Crippen LogP contribution < -0.4 is 28.6 Å². The molecule has 3 rings (SSSR count). The lowest BCUT2D eigenvalue weighted by atomic mass is 10.0. The highest BCUT2D eigenvalue weighted by Crippen LogP contribution is 2.37. The number of amides is 1. The van der Waals surface area contributed by atoms with Crippen LogP contribution >= 0.6 is 0 Å². The van der Waals surface area contributed by atoms with Crippen LogP contribution in [0.4, 0.5) is 5.69 Å². The van der Waals surface area contributed by atoms with Gasteiger partial charge >= 0.3 is 0 Å². The van der Waals surface area contributed by atoms with Crippen molar-refractivity contribution in [3.05, 3.63) is 72.3 Å². The molecule has 0 saturated carbocycles. The quantitative estimate of drug-likeness (QED) is 0.381. The van der Waals surface area contributed by atoms with E-state index in [2.05, 4.69) is 5.32 Å². The summed E-state index contributed by atoms with van der Waals surface area (Å²) in [5, 5.41) is 2.85. The summed E-state index contributed by atoms with van der Waals surface area (Å²) in [7, 11) is 1.51. The molecule has 0 aromatic heterocycles. The first-order chi connectivity index (χ1) is 17.7. The third-order valence-electron chi connectivity index (χ3n) is 5.86. The molecule has 0 saturated heterocycles. The number of carbonyl (C=O) groups is 1. The Bertz CT molecular complexity index is 1310. The van der Waals surface area contributed by atoms with E-state index in [-0.39, 0.29) is 28.0 Å². The molecule has 0 bridgehead atoms. The lowest BCUT2D eigenvalue weighted by Crippen LogP contribution is -2.42. The maximum Gasteiger partial charge on any atom is 0.265 e. The summed E-state index contributed by atoms with van der Waals surface area (Å²) in [6, 6.07) is 18.7. The van der Waals surface area contributed by atoms with Crippen molar-refractivity contribution in [2.75, 3.05) is 45.8 Å². The zero-order chi connectivity index (χ0) is 27.0. The van der Waals surface area contributed by atoms with Gasteiger partial charge < -0.3 is 24.3 Å². The average molecular weight is 529 g/mol. The average Bonchev–Trinajstić information content (AvgIpc) is 2.94. The van der Waals surface area contributed by atoms with Crippen molar-refractivity contribution in [1.82, 2.24) is 5.32 Å². The number of nitrogens with one attached hydrogen (secondary N) is 1. The van der Waals surface area contributed by atoms with Gasteiger partial charge in [0.2, 0.25) is 5.91 Å². The number of methoxy groups -OCH3 is 4. The van der Waals surface area contributed by atoms with Gasteiger partial charge in [-0.25, -0.2) is 8.42 Å². The second-order valence-electron chi connectivity index (χ2n) is 8.18. The summed E-state index contributed by atoms with van der Waals surface area (Å²) in [5.74, 6) is 0.836. The van der Waals surface area contributed by atoms with Crippen molar-refractivity contribution in [2.24, 2.45) is 0 Å². The fourth-order valence-electron chi connectivity index (χ4n) is 3.75. The number of ether oxygens (including phenoxy) is 4. The number of carbonyl (C=O) groups excluding carboxylic acids is 1. The maximum absolute atomic E-state index is 13.9. The molecule has 0 aliphatic heterocycles. The molecule has 1 N–H and O–H groups in total. The molecular formula is C27H32N2O7S. The Morgan fingerprint density at radius 3 is 2.11 bits per heavy atom. The van der Waals surface area contributed by atoms with Gasteiger partial charge in [-0.15, -0.1) is 0 Å². The predicted molar refractivity (Wildman–Crippen MR) is 141 cm³/mol. The molecule has 0 heterocycles. The van der Waals surface area contributed by atoms with Gasteiger partial charge in [-0.2, -0.15) is 0 Å². The van der Waals surface area contributed by atoms with E-state index in [1.54, 1.807) is 12.1 Å². The normalized spacial score (nSPS) is 11.8.